The van der Waals surface area contributed by atoms with E-state index >= 15 is 0 Å². The molecule has 1 aliphatic heterocycles. The normalized spacial score (nSPS) is 16.0. The molecular formula is C11H18N4O. The van der Waals surface area contributed by atoms with Gasteiger partial charge in [-0.1, -0.05) is 0 Å². The van der Waals surface area contributed by atoms with E-state index in [0.29, 0.717) is 11.9 Å². The standard InChI is InChI=1S/C11H18N4O/c1-8(2)16-10-4-5-13-11(14-10)15(3)9-6-12-7-9/h4-5,8-9,12H,6-7H2,1-3H3. The lowest BCUT2D eigenvalue weighted by Crippen LogP contribution is -2.56. The second-order valence-electron chi connectivity index (χ2n) is 4.28. The van der Waals surface area contributed by atoms with Crippen LogP contribution in [0.25, 0.3) is 0 Å². The SMILES string of the molecule is CC(C)Oc1ccnc(N(C)C2CNC2)n1. The van der Waals surface area contributed by atoms with Gasteiger partial charge in [0.05, 0.1) is 12.1 Å². The largest absolute Gasteiger partial charge is 0.475 e. The number of nitrogens with zero attached hydrogens (tertiary/aromatic N) is 3. The first-order valence-electron chi connectivity index (χ1n) is 5.60. The highest BCUT2D eigenvalue weighted by Gasteiger charge is 2.23. The van der Waals surface area contributed by atoms with Crippen molar-refractivity contribution in [2.24, 2.45) is 0 Å². The summed E-state index contributed by atoms with van der Waals surface area (Å²) in [6.07, 6.45) is 1.88. The number of nitrogens with one attached hydrogen (secondary N) is 1. The molecule has 1 saturated heterocycles. The lowest BCUT2D eigenvalue weighted by atomic mass is 10.1. The fourth-order valence-corrected chi connectivity index (χ4v) is 1.52. The van der Waals surface area contributed by atoms with Crippen molar-refractivity contribution in [1.82, 2.24) is 15.3 Å². The highest BCUT2D eigenvalue weighted by molar-refractivity contribution is 5.33. The van der Waals surface area contributed by atoms with Crippen LogP contribution < -0.4 is 15.0 Å². The molecule has 5 heteroatoms. The number of likely N-dealkylation sites (N-methyl/N-ethyl adjacent to an activating group) is 1. The van der Waals surface area contributed by atoms with Crippen molar-refractivity contribution in [3.05, 3.63) is 12.3 Å². The molecule has 88 valence electrons. The van der Waals surface area contributed by atoms with Crippen molar-refractivity contribution in [2.75, 3.05) is 25.0 Å². The Hall–Kier alpha value is -1.36. The Kier molecular flexibility index (Phi) is 3.24. The average molecular weight is 222 g/mol. The third-order valence-electron chi connectivity index (χ3n) is 2.60. The number of hydrogen-bond acceptors (Lipinski definition) is 5. The number of hydrogen-bond donors (Lipinski definition) is 1. The maximum Gasteiger partial charge on any atom is 0.228 e. The first kappa shape index (κ1) is 11.1. The fourth-order valence-electron chi connectivity index (χ4n) is 1.52. The third-order valence-corrected chi connectivity index (χ3v) is 2.60. The zero-order chi connectivity index (χ0) is 11.5. The van der Waals surface area contributed by atoms with Crippen LogP contribution in [0.1, 0.15) is 13.8 Å². The van der Waals surface area contributed by atoms with E-state index in [1.54, 1.807) is 12.3 Å². The van der Waals surface area contributed by atoms with Gasteiger partial charge in [0.15, 0.2) is 0 Å². The van der Waals surface area contributed by atoms with Gasteiger partial charge in [-0.15, -0.1) is 0 Å². The number of aromatic nitrogens is 2. The monoisotopic (exact) mass is 222 g/mol. The summed E-state index contributed by atoms with van der Waals surface area (Å²) < 4.78 is 5.54. The predicted octanol–water partition coefficient (Wildman–Crippen LogP) is 0.672. The molecule has 5 nitrogen and oxygen atoms in total. The van der Waals surface area contributed by atoms with E-state index in [2.05, 4.69) is 20.2 Å². The Morgan fingerprint density at radius 3 is 2.81 bits per heavy atom. The minimum Gasteiger partial charge on any atom is -0.475 e. The van der Waals surface area contributed by atoms with Crippen LogP contribution in [0, 0.1) is 0 Å². The molecule has 0 atom stereocenters. The van der Waals surface area contributed by atoms with Gasteiger partial charge in [-0.05, 0) is 13.8 Å². The first-order valence-corrected chi connectivity index (χ1v) is 5.60. The second kappa shape index (κ2) is 4.65. The van der Waals surface area contributed by atoms with Gasteiger partial charge < -0.3 is 15.0 Å². The smallest absolute Gasteiger partial charge is 0.228 e. The van der Waals surface area contributed by atoms with Crippen LogP contribution >= 0.6 is 0 Å². The Bertz CT molecular complexity index is 352. The molecule has 0 bridgehead atoms. The molecular weight excluding hydrogens is 204 g/mol. The Balaban J connectivity index is 2.08. The average Bonchev–Trinajstić information content (AvgIpc) is 2.14. The Labute approximate surface area is 95.8 Å². The van der Waals surface area contributed by atoms with E-state index in [-0.39, 0.29) is 6.10 Å². The van der Waals surface area contributed by atoms with Crippen LogP contribution in [0.2, 0.25) is 0 Å². The molecule has 1 aromatic rings. The summed E-state index contributed by atoms with van der Waals surface area (Å²) in [5, 5.41) is 3.23. The van der Waals surface area contributed by atoms with Gasteiger partial charge >= 0.3 is 0 Å². The van der Waals surface area contributed by atoms with Gasteiger partial charge in [0.2, 0.25) is 11.8 Å². The fraction of sp³-hybridized carbons (Fsp3) is 0.636. The third kappa shape index (κ3) is 2.41. The molecule has 0 radical (unpaired) electrons. The molecule has 2 rings (SSSR count). The summed E-state index contributed by atoms with van der Waals surface area (Å²) in [5.41, 5.74) is 0. The quantitative estimate of drug-likeness (QED) is 0.811. The molecule has 1 aliphatic rings. The summed E-state index contributed by atoms with van der Waals surface area (Å²) >= 11 is 0. The maximum atomic E-state index is 5.54. The zero-order valence-corrected chi connectivity index (χ0v) is 9.97. The Morgan fingerprint density at radius 1 is 1.50 bits per heavy atom. The van der Waals surface area contributed by atoms with Crippen molar-refractivity contribution >= 4 is 5.95 Å². The van der Waals surface area contributed by atoms with Gasteiger partial charge in [-0.2, -0.15) is 4.98 Å². The van der Waals surface area contributed by atoms with E-state index in [4.69, 9.17) is 4.74 Å². The first-order chi connectivity index (χ1) is 7.66. The molecule has 1 aromatic heterocycles. The number of ether oxygens (including phenoxy) is 1. The summed E-state index contributed by atoms with van der Waals surface area (Å²) in [7, 11) is 2.01. The van der Waals surface area contributed by atoms with E-state index in [1.807, 2.05) is 20.9 Å². The predicted molar refractivity (Wildman–Crippen MR) is 62.9 cm³/mol. The molecule has 1 N–H and O–H groups in total. The molecule has 2 heterocycles. The molecule has 1 fully saturated rings. The van der Waals surface area contributed by atoms with Crippen molar-refractivity contribution in [3.8, 4) is 5.88 Å². The Morgan fingerprint density at radius 2 is 2.25 bits per heavy atom. The maximum absolute atomic E-state index is 5.54. The summed E-state index contributed by atoms with van der Waals surface area (Å²) in [5.74, 6) is 1.36. The van der Waals surface area contributed by atoms with Gasteiger partial charge in [0.25, 0.3) is 0 Å². The van der Waals surface area contributed by atoms with Crippen LogP contribution in [-0.4, -0.2) is 42.3 Å². The molecule has 0 amide bonds. The number of anilines is 1. The van der Waals surface area contributed by atoms with Gasteiger partial charge in [0, 0.05) is 32.4 Å². The van der Waals surface area contributed by atoms with Crippen molar-refractivity contribution < 1.29 is 4.74 Å². The highest BCUT2D eigenvalue weighted by atomic mass is 16.5. The lowest BCUT2D eigenvalue weighted by Gasteiger charge is -2.35. The minimum absolute atomic E-state index is 0.137. The molecule has 0 aliphatic carbocycles. The summed E-state index contributed by atoms with van der Waals surface area (Å²) in [4.78, 5) is 10.7. The highest BCUT2D eigenvalue weighted by Crippen LogP contribution is 2.15. The minimum atomic E-state index is 0.137. The van der Waals surface area contributed by atoms with E-state index in [1.165, 1.54) is 0 Å². The summed E-state index contributed by atoms with van der Waals surface area (Å²) in [6, 6.07) is 2.28. The van der Waals surface area contributed by atoms with E-state index in [9.17, 15) is 0 Å². The van der Waals surface area contributed by atoms with Crippen molar-refractivity contribution in [2.45, 2.75) is 26.0 Å². The van der Waals surface area contributed by atoms with Crippen LogP contribution in [0.15, 0.2) is 12.3 Å². The molecule has 16 heavy (non-hydrogen) atoms. The van der Waals surface area contributed by atoms with E-state index in [0.717, 1.165) is 19.0 Å². The number of rotatable bonds is 4. The second-order valence-corrected chi connectivity index (χ2v) is 4.28. The van der Waals surface area contributed by atoms with Crippen molar-refractivity contribution in [1.29, 1.82) is 0 Å². The topological polar surface area (TPSA) is 50.3 Å². The molecule has 0 unspecified atom stereocenters. The van der Waals surface area contributed by atoms with Crippen LogP contribution in [0.4, 0.5) is 5.95 Å². The van der Waals surface area contributed by atoms with Gasteiger partial charge in [-0.25, -0.2) is 4.98 Å². The van der Waals surface area contributed by atoms with E-state index < -0.39 is 0 Å². The van der Waals surface area contributed by atoms with Crippen LogP contribution in [-0.2, 0) is 0 Å². The van der Waals surface area contributed by atoms with Gasteiger partial charge in [-0.3, -0.25) is 0 Å². The van der Waals surface area contributed by atoms with Crippen LogP contribution in [0.5, 0.6) is 5.88 Å². The molecule has 0 spiro atoms. The van der Waals surface area contributed by atoms with Crippen molar-refractivity contribution in [3.63, 3.8) is 0 Å². The summed E-state index contributed by atoms with van der Waals surface area (Å²) in [6.45, 7) is 5.97. The van der Waals surface area contributed by atoms with Crippen LogP contribution in [0.3, 0.4) is 0 Å². The molecule has 0 saturated carbocycles. The zero-order valence-electron chi connectivity index (χ0n) is 9.97. The van der Waals surface area contributed by atoms with Gasteiger partial charge in [0.1, 0.15) is 0 Å². The molecule has 0 aromatic carbocycles. The lowest BCUT2D eigenvalue weighted by molar-refractivity contribution is 0.232.